The first-order valence-corrected chi connectivity index (χ1v) is 8.73. The Labute approximate surface area is 147 Å². The molecular weight excluding hydrogens is 312 g/mol. The smallest absolute Gasteiger partial charge is 0.147 e. The molecule has 0 saturated carbocycles. The number of aliphatic hydroxyl groups is 1. The Kier molecular flexibility index (Phi) is 4.59. The van der Waals surface area contributed by atoms with Crippen LogP contribution in [-0.2, 0) is 0 Å². The highest BCUT2D eigenvalue weighted by Gasteiger charge is 2.18. The SMILES string of the molecule is OCCN1CCN(c2cnc(-c3cccc4ccccc34)cn2)CC1. The lowest BCUT2D eigenvalue weighted by Crippen LogP contribution is -2.47. The minimum absolute atomic E-state index is 0.222. The van der Waals surface area contributed by atoms with Gasteiger partial charge in [0.05, 0.1) is 24.7 Å². The highest BCUT2D eigenvalue weighted by atomic mass is 16.3. The normalized spacial score (nSPS) is 15.6. The Morgan fingerprint density at radius 3 is 2.44 bits per heavy atom. The summed E-state index contributed by atoms with van der Waals surface area (Å²) in [4.78, 5) is 13.9. The third-order valence-corrected chi connectivity index (χ3v) is 4.82. The van der Waals surface area contributed by atoms with Gasteiger partial charge in [0.25, 0.3) is 0 Å². The summed E-state index contributed by atoms with van der Waals surface area (Å²) in [6.45, 7) is 4.71. The van der Waals surface area contributed by atoms with Gasteiger partial charge in [-0.1, -0.05) is 42.5 Å². The maximum atomic E-state index is 9.04. The molecule has 2 heterocycles. The molecule has 0 aliphatic carbocycles. The molecule has 0 bridgehead atoms. The zero-order valence-corrected chi connectivity index (χ0v) is 14.2. The van der Waals surface area contributed by atoms with Crippen molar-refractivity contribution < 1.29 is 5.11 Å². The second kappa shape index (κ2) is 7.17. The van der Waals surface area contributed by atoms with E-state index in [1.807, 2.05) is 12.4 Å². The van der Waals surface area contributed by atoms with Crippen molar-refractivity contribution in [3.05, 3.63) is 54.9 Å². The van der Waals surface area contributed by atoms with Crippen LogP contribution in [0.2, 0.25) is 0 Å². The molecule has 1 aliphatic rings. The van der Waals surface area contributed by atoms with Crippen molar-refractivity contribution in [3.63, 3.8) is 0 Å². The summed E-state index contributed by atoms with van der Waals surface area (Å²) in [5, 5.41) is 11.5. The van der Waals surface area contributed by atoms with E-state index in [2.05, 4.69) is 62.2 Å². The number of aliphatic hydroxyl groups excluding tert-OH is 1. The number of benzene rings is 2. The van der Waals surface area contributed by atoms with Gasteiger partial charge in [0, 0.05) is 38.3 Å². The zero-order valence-electron chi connectivity index (χ0n) is 14.2. The fraction of sp³-hybridized carbons (Fsp3) is 0.300. The summed E-state index contributed by atoms with van der Waals surface area (Å²) in [6, 6.07) is 14.6. The van der Waals surface area contributed by atoms with Gasteiger partial charge in [-0.2, -0.15) is 0 Å². The second-order valence-corrected chi connectivity index (χ2v) is 6.34. The number of piperazine rings is 1. The summed E-state index contributed by atoms with van der Waals surface area (Å²) < 4.78 is 0. The van der Waals surface area contributed by atoms with Gasteiger partial charge in [0.2, 0.25) is 0 Å². The van der Waals surface area contributed by atoms with Crippen molar-refractivity contribution in [1.29, 1.82) is 0 Å². The molecule has 5 heteroatoms. The summed E-state index contributed by atoms with van der Waals surface area (Å²) in [7, 11) is 0. The van der Waals surface area contributed by atoms with E-state index in [9.17, 15) is 0 Å². The van der Waals surface area contributed by atoms with Gasteiger partial charge in [-0.25, -0.2) is 4.98 Å². The number of hydrogen-bond acceptors (Lipinski definition) is 5. The monoisotopic (exact) mass is 334 g/mol. The van der Waals surface area contributed by atoms with E-state index in [-0.39, 0.29) is 6.61 Å². The van der Waals surface area contributed by atoms with E-state index < -0.39 is 0 Å². The number of β-amino-alcohol motifs (C(OH)–C–C–N with tert-alkyl or cyclic N) is 1. The highest BCUT2D eigenvalue weighted by molar-refractivity contribution is 5.95. The minimum Gasteiger partial charge on any atom is -0.395 e. The van der Waals surface area contributed by atoms with Crippen LogP contribution in [0.1, 0.15) is 0 Å². The fourth-order valence-corrected chi connectivity index (χ4v) is 3.41. The molecule has 25 heavy (non-hydrogen) atoms. The zero-order chi connectivity index (χ0) is 17.1. The van der Waals surface area contributed by atoms with Crippen LogP contribution in [0.25, 0.3) is 22.0 Å². The Morgan fingerprint density at radius 1 is 0.880 bits per heavy atom. The standard InChI is InChI=1S/C20H22N4O/c25-13-12-23-8-10-24(11-9-23)20-15-21-19(14-22-20)18-7-3-5-16-4-1-2-6-17(16)18/h1-7,14-15,25H,8-13H2. The number of anilines is 1. The molecule has 0 amide bonds. The number of hydrogen-bond donors (Lipinski definition) is 1. The maximum absolute atomic E-state index is 9.04. The first-order valence-electron chi connectivity index (χ1n) is 8.73. The van der Waals surface area contributed by atoms with E-state index >= 15 is 0 Å². The van der Waals surface area contributed by atoms with Gasteiger partial charge in [-0.15, -0.1) is 0 Å². The number of rotatable bonds is 4. The Morgan fingerprint density at radius 2 is 1.68 bits per heavy atom. The molecule has 3 aromatic rings. The van der Waals surface area contributed by atoms with Crippen LogP contribution in [-0.4, -0.2) is 59.3 Å². The van der Waals surface area contributed by atoms with Gasteiger partial charge in [-0.05, 0) is 10.8 Å². The topological polar surface area (TPSA) is 52.5 Å². The molecule has 2 aromatic carbocycles. The lowest BCUT2D eigenvalue weighted by atomic mass is 10.0. The maximum Gasteiger partial charge on any atom is 0.147 e. The average Bonchev–Trinajstić information content (AvgIpc) is 2.69. The van der Waals surface area contributed by atoms with Crippen molar-refractivity contribution in [3.8, 4) is 11.3 Å². The fourth-order valence-electron chi connectivity index (χ4n) is 3.41. The lowest BCUT2D eigenvalue weighted by Gasteiger charge is -2.34. The van der Waals surface area contributed by atoms with Crippen LogP contribution in [0.15, 0.2) is 54.9 Å². The van der Waals surface area contributed by atoms with Gasteiger partial charge in [0.1, 0.15) is 5.82 Å². The van der Waals surface area contributed by atoms with Crippen LogP contribution in [0.5, 0.6) is 0 Å². The predicted molar refractivity (Wildman–Crippen MR) is 101 cm³/mol. The van der Waals surface area contributed by atoms with Crippen LogP contribution >= 0.6 is 0 Å². The van der Waals surface area contributed by atoms with Crippen LogP contribution in [0, 0.1) is 0 Å². The molecule has 0 radical (unpaired) electrons. The number of aromatic nitrogens is 2. The molecule has 0 unspecified atom stereocenters. The molecule has 1 aromatic heterocycles. The van der Waals surface area contributed by atoms with Gasteiger partial charge in [-0.3, -0.25) is 9.88 Å². The van der Waals surface area contributed by atoms with Crippen LogP contribution < -0.4 is 4.90 Å². The van der Waals surface area contributed by atoms with Crippen molar-refractivity contribution >= 4 is 16.6 Å². The molecule has 1 aliphatic heterocycles. The lowest BCUT2D eigenvalue weighted by molar-refractivity contribution is 0.188. The number of fused-ring (bicyclic) bond motifs is 1. The van der Waals surface area contributed by atoms with E-state index in [4.69, 9.17) is 5.11 Å². The Hall–Kier alpha value is -2.50. The average molecular weight is 334 g/mol. The summed E-state index contributed by atoms with van der Waals surface area (Å²) in [5.41, 5.74) is 2.02. The van der Waals surface area contributed by atoms with E-state index in [0.717, 1.165) is 49.8 Å². The van der Waals surface area contributed by atoms with E-state index in [0.29, 0.717) is 0 Å². The molecule has 1 N–H and O–H groups in total. The van der Waals surface area contributed by atoms with E-state index in [1.165, 1.54) is 10.8 Å². The molecule has 1 fully saturated rings. The second-order valence-electron chi connectivity index (χ2n) is 6.34. The van der Waals surface area contributed by atoms with Gasteiger partial charge in [0.15, 0.2) is 0 Å². The van der Waals surface area contributed by atoms with Crippen molar-refractivity contribution in [2.75, 3.05) is 44.2 Å². The Bertz CT molecular complexity index is 836. The molecule has 0 atom stereocenters. The first kappa shape index (κ1) is 16.0. The van der Waals surface area contributed by atoms with Crippen molar-refractivity contribution in [1.82, 2.24) is 14.9 Å². The van der Waals surface area contributed by atoms with Crippen LogP contribution in [0.4, 0.5) is 5.82 Å². The number of nitrogens with zero attached hydrogens (tertiary/aromatic N) is 4. The Balaban J connectivity index is 1.54. The van der Waals surface area contributed by atoms with Crippen LogP contribution in [0.3, 0.4) is 0 Å². The molecular formula is C20H22N4O. The van der Waals surface area contributed by atoms with Crippen molar-refractivity contribution in [2.45, 2.75) is 0 Å². The quantitative estimate of drug-likeness (QED) is 0.794. The largest absolute Gasteiger partial charge is 0.395 e. The predicted octanol–water partition coefficient (Wildman–Crippen LogP) is 2.41. The highest BCUT2D eigenvalue weighted by Crippen LogP contribution is 2.27. The molecule has 1 saturated heterocycles. The minimum atomic E-state index is 0.222. The van der Waals surface area contributed by atoms with E-state index in [1.54, 1.807) is 0 Å². The summed E-state index contributed by atoms with van der Waals surface area (Å²) in [5.74, 6) is 0.924. The summed E-state index contributed by atoms with van der Waals surface area (Å²) >= 11 is 0. The molecule has 0 spiro atoms. The third kappa shape index (κ3) is 3.34. The van der Waals surface area contributed by atoms with Gasteiger partial charge >= 0.3 is 0 Å². The third-order valence-electron chi connectivity index (χ3n) is 4.82. The van der Waals surface area contributed by atoms with Crippen molar-refractivity contribution in [2.24, 2.45) is 0 Å². The molecule has 4 rings (SSSR count). The summed E-state index contributed by atoms with van der Waals surface area (Å²) in [6.07, 6.45) is 3.75. The molecule has 128 valence electrons. The van der Waals surface area contributed by atoms with Gasteiger partial charge < -0.3 is 10.0 Å². The first-order chi connectivity index (χ1) is 12.3. The molecule has 5 nitrogen and oxygen atoms in total.